The third-order valence-corrected chi connectivity index (χ3v) is 6.20. The first-order chi connectivity index (χ1) is 15.4. The minimum absolute atomic E-state index is 0.0469. The van der Waals surface area contributed by atoms with E-state index in [1.807, 2.05) is 22.6 Å². The molecule has 4 N–H and O–H groups in total. The van der Waals surface area contributed by atoms with Crippen molar-refractivity contribution in [2.45, 2.75) is 25.0 Å². The first kappa shape index (κ1) is 23.1. The number of likely N-dealkylation sites (tertiary alicyclic amines) is 1. The van der Waals surface area contributed by atoms with Crippen LogP contribution in [-0.4, -0.2) is 69.7 Å². The summed E-state index contributed by atoms with van der Waals surface area (Å²) in [6.45, 7) is 1.92. The summed E-state index contributed by atoms with van der Waals surface area (Å²) in [5, 5.41) is 4.26. The molecule has 2 aromatic rings. The van der Waals surface area contributed by atoms with Gasteiger partial charge in [-0.25, -0.2) is 19.2 Å². The number of carbonyl (C=O) groups excluding carboxylic acids is 1. The summed E-state index contributed by atoms with van der Waals surface area (Å²) >= 11 is 7.97. The molecule has 9 nitrogen and oxygen atoms in total. The fourth-order valence-electron chi connectivity index (χ4n) is 3.67. The number of aromatic amines is 1. The summed E-state index contributed by atoms with van der Waals surface area (Å²) in [5.41, 5.74) is 7.39. The Labute approximate surface area is 202 Å². The van der Waals surface area contributed by atoms with Crippen LogP contribution in [0.15, 0.2) is 35.1 Å². The SMILES string of the molecule is NC(=N/C(N[C@@H]1CCN(C(=O)O[C@H]2CCOC2)C1)=C(/F)CI)c1c[nH]c2ncc(Cl)cc12. The molecule has 1 amide bonds. The third-order valence-electron chi connectivity index (χ3n) is 5.32. The average Bonchev–Trinajstić information content (AvgIpc) is 3.53. The van der Waals surface area contributed by atoms with E-state index >= 15 is 0 Å². The number of allylic oxidation sites excluding steroid dienone is 1. The molecular formula is C20H23ClFIN6O3. The molecule has 2 aliphatic rings. The number of aromatic nitrogens is 2. The van der Waals surface area contributed by atoms with Gasteiger partial charge in [-0.15, -0.1) is 0 Å². The number of amides is 1. The van der Waals surface area contributed by atoms with Crippen LogP contribution < -0.4 is 11.1 Å². The molecule has 4 heterocycles. The number of alkyl halides is 1. The predicted octanol–water partition coefficient (Wildman–Crippen LogP) is 3.08. The highest BCUT2D eigenvalue weighted by Gasteiger charge is 2.30. The standard InChI is InChI=1S/C20H23ClFIN6O3/c21-11-5-14-15(8-26-18(14)25-7-11)17(24)28-19(16(22)6-23)27-12-1-3-29(9-12)20(30)32-13-2-4-31-10-13/h5,7-8,12-13,27H,1-4,6,9-10H2,(H2,24,28)(H,25,26)/b19-16+/t12-,13+/m1/s1. The maximum atomic E-state index is 14.6. The van der Waals surface area contributed by atoms with Gasteiger partial charge in [-0.3, -0.25) is 0 Å². The molecule has 172 valence electrons. The van der Waals surface area contributed by atoms with Crippen molar-refractivity contribution in [3.05, 3.63) is 40.7 Å². The largest absolute Gasteiger partial charge is 0.444 e. The van der Waals surface area contributed by atoms with Crippen LogP contribution in [0.3, 0.4) is 0 Å². The van der Waals surface area contributed by atoms with Crippen molar-refractivity contribution in [2.75, 3.05) is 30.7 Å². The van der Waals surface area contributed by atoms with Gasteiger partial charge in [0.15, 0.2) is 11.6 Å². The Kier molecular flexibility index (Phi) is 7.36. The van der Waals surface area contributed by atoms with Gasteiger partial charge in [0.2, 0.25) is 0 Å². The maximum absolute atomic E-state index is 14.6. The van der Waals surface area contributed by atoms with Gasteiger partial charge in [0, 0.05) is 48.9 Å². The summed E-state index contributed by atoms with van der Waals surface area (Å²) in [7, 11) is 0. The van der Waals surface area contributed by atoms with Gasteiger partial charge in [-0.05, 0) is 12.5 Å². The predicted molar refractivity (Wildman–Crippen MR) is 128 cm³/mol. The van der Waals surface area contributed by atoms with Crippen LogP contribution in [-0.2, 0) is 9.47 Å². The zero-order chi connectivity index (χ0) is 22.7. The molecule has 0 spiro atoms. The van der Waals surface area contributed by atoms with Crippen molar-refractivity contribution in [3.63, 3.8) is 0 Å². The van der Waals surface area contributed by atoms with Crippen LogP contribution in [0.2, 0.25) is 5.02 Å². The molecule has 0 unspecified atom stereocenters. The Balaban J connectivity index is 1.46. The lowest BCUT2D eigenvalue weighted by Gasteiger charge is -2.20. The maximum Gasteiger partial charge on any atom is 0.410 e. The average molecular weight is 577 g/mol. The number of halogens is 3. The van der Waals surface area contributed by atoms with Crippen LogP contribution in [0.5, 0.6) is 0 Å². The van der Waals surface area contributed by atoms with E-state index < -0.39 is 5.83 Å². The van der Waals surface area contributed by atoms with E-state index in [1.54, 1.807) is 17.2 Å². The van der Waals surface area contributed by atoms with Gasteiger partial charge >= 0.3 is 6.09 Å². The Morgan fingerprint density at radius 1 is 1.53 bits per heavy atom. The minimum Gasteiger partial charge on any atom is -0.444 e. The Morgan fingerprint density at radius 3 is 3.12 bits per heavy atom. The normalized spacial score (nSPS) is 22.3. The van der Waals surface area contributed by atoms with E-state index in [0.717, 1.165) is 0 Å². The fraction of sp³-hybridized carbons (Fsp3) is 0.450. The van der Waals surface area contributed by atoms with Crippen LogP contribution in [0, 0.1) is 0 Å². The van der Waals surface area contributed by atoms with Gasteiger partial charge in [0.1, 0.15) is 17.6 Å². The van der Waals surface area contributed by atoms with Crippen LogP contribution >= 0.6 is 34.2 Å². The number of nitrogens with two attached hydrogens (primary N) is 1. The zero-order valence-corrected chi connectivity index (χ0v) is 20.0. The van der Waals surface area contributed by atoms with Crippen molar-refractivity contribution >= 4 is 57.2 Å². The molecule has 2 aromatic heterocycles. The Hall–Kier alpha value is -2.12. The fourth-order valence-corrected chi connectivity index (χ4v) is 4.18. The molecule has 0 bridgehead atoms. The van der Waals surface area contributed by atoms with Gasteiger partial charge in [-0.1, -0.05) is 34.2 Å². The molecular weight excluding hydrogens is 554 g/mol. The van der Waals surface area contributed by atoms with Gasteiger partial charge in [-0.2, -0.15) is 0 Å². The van der Waals surface area contributed by atoms with Crippen molar-refractivity contribution in [2.24, 2.45) is 10.7 Å². The lowest BCUT2D eigenvalue weighted by atomic mass is 10.2. The highest BCUT2D eigenvalue weighted by molar-refractivity contribution is 14.1. The lowest BCUT2D eigenvalue weighted by molar-refractivity contribution is 0.0592. The summed E-state index contributed by atoms with van der Waals surface area (Å²) in [5.74, 6) is -0.266. The second-order valence-electron chi connectivity index (χ2n) is 7.58. The lowest BCUT2D eigenvalue weighted by Crippen LogP contribution is -2.37. The molecule has 0 radical (unpaired) electrons. The van der Waals surface area contributed by atoms with Crippen LogP contribution in [0.1, 0.15) is 18.4 Å². The highest BCUT2D eigenvalue weighted by Crippen LogP contribution is 2.22. The topological polar surface area (TPSA) is 118 Å². The number of rotatable bonds is 6. The number of nitrogens with one attached hydrogen (secondary N) is 2. The molecule has 0 saturated carbocycles. The number of H-pyrrole nitrogens is 1. The van der Waals surface area contributed by atoms with Gasteiger partial charge < -0.3 is 30.4 Å². The Morgan fingerprint density at radius 2 is 2.38 bits per heavy atom. The summed E-state index contributed by atoms with van der Waals surface area (Å²) in [6.07, 6.45) is 3.94. The van der Waals surface area contributed by atoms with Crippen molar-refractivity contribution in [3.8, 4) is 0 Å². The molecule has 4 rings (SSSR count). The molecule has 2 fully saturated rings. The van der Waals surface area contributed by atoms with E-state index in [-0.39, 0.29) is 34.3 Å². The molecule has 2 aliphatic heterocycles. The number of ether oxygens (including phenoxy) is 2. The smallest absolute Gasteiger partial charge is 0.410 e. The molecule has 0 aliphatic carbocycles. The van der Waals surface area contributed by atoms with E-state index in [9.17, 15) is 9.18 Å². The molecule has 2 atom stereocenters. The first-order valence-corrected chi connectivity index (χ1v) is 12.1. The van der Waals surface area contributed by atoms with Crippen molar-refractivity contribution in [1.82, 2.24) is 20.2 Å². The van der Waals surface area contributed by atoms with Crippen molar-refractivity contribution in [1.29, 1.82) is 0 Å². The number of fused-ring (bicyclic) bond motifs is 1. The van der Waals surface area contributed by atoms with Crippen LogP contribution in [0.4, 0.5) is 9.18 Å². The van der Waals surface area contributed by atoms with Gasteiger partial charge in [0.25, 0.3) is 0 Å². The number of aliphatic imine (C=N–C) groups is 1. The molecule has 32 heavy (non-hydrogen) atoms. The number of nitrogens with zero attached hydrogens (tertiary/aromatic N) is 3. The second kappa shape index (κ2) is 10.2. The molecule has 12 heteroatoms. The van der Waals surface area contributed by atoms with E-state index in [0.29, 0.717) is 60.8 Å². The van der Waals surface area contributed by atoms with E-state index in [1.165, 1.54) is 6.20 Å². The van der Waals surface area contributed by atoms with Crippen LogP contribution in [0.25, 0.3) is 11.0 Å². The third kappa shape index (κ3) is 5.26. The summed E-state index contributed by atoms with van der Waals surface area (Å²) in [6, 6.07) is 1.54. The number of pyridine rings is 1. The second-order valence-corrected chi connectivity index (χ2v) is 8.78. The number of hydrogen-bond acceptors (Lipinski definition) is 6. The summed E-state index contributed by atoms with van der Waals surface area (Å²) < 4.78 is 25.5. The van der Waals surface area contributed by atoms with Gasteiger partial charge in [0.05, 0.1) is 22.7 Å². The molecule has 0 aromatic carbocycles. The van der Waals surface area contributed by atoms with Crippen molar-refractivity contribution < 1.29 is 18.7 Å². The highest BCUT2D eigenvalue weighted by atomic mass is 127. The number of amidine groups is 1. The first-order valence-electron chi connectivity index (χ1n) is 10.2. The zero-order valence-electron chi connectivity index (χ0n) is 17.1. The Bertz CT molecular complexity index is 1060. The number of carbonyl (C=O) groups is 1. The minimum atomic E-state index is -0.436. The van der Waals surface area contributed by atoms with E-state index in [4.69, 9.17) is 26.8 Å². The number of hydrogen-bond donors (Lipinski definition) is 3. The summed E-state index contributed by atoms with van der Waals surface area (Å²) in [4.78, 5) is 25.5. The molecule has 2 saturated heterocycles. The van der Waals surface area contributed by atoms with E-state index in [2.05, 4.69) is 20.3 Å². The quantitative estimate of drug-likeness (QED) is 0.211. The monoisotopic (exact) mass is 576 g/mol.